The van der Waals surface area contributed by atoms with E-state index >= 15 is 0 Å². The Hall–Kier alpha value is -1.68. The zero-order chi connectivity index (χ0) is 10.8. The summed E-state index contributed by atoms with van der Waals surface area (Å²) >= 11 is 4.83. The number of nitrogens with one attached hydrogen (secondary N) is 1. The van der Waals surface area contributed by atoms with Crippen LogP contribution in [0.3, 0.4) is 0 Å². The lowest BCUT2D eigenvalue weighted by atomic mass is 10.1. The first-order valence-corrected chi connectivity index (χ1v) is 5.00. The van der Waals surface area contributed by atoms with E-state index in [2.05, 4.69) is 10.3 Å². The Morgan fingerprint density at radius 2 is 2.13 bits per heavy atom. The molecule has 0 saturated heterocycles. The molecule has 3 nitrogen and oxygen atoms in total. The average Bonchev–Trinajstić information content (AvgIpc) is 2.16. The molecule has 1 aromatic carbocycles. The first-order chi connectivity index (χ1) is 7.16. The molecule has 0 bridgehead atoms. The molecule has 4 heteroatoms. The third-order valence-corrected chi connectivity index (χ3v) is 2.20. The number of aryl methyl sites for hydroxylation is 1. The Labute approximate surface area is 93.3 Å². The molecule has 2 rings (SSSR count). The standard InChI is InChI=1S/C11H11N3S/c1-7-6-10(14-11(12)15)8-4-2-3-5-9(8)13-7/h2-6H,1H3,(H3,12,13,14,15). The van der Waals surface area contributed by atoms with Crippen LogP contribution in [0.1, 0.15) is 5.69 Å². The molecule has 2 aromatic rings. The van der Waals surface area contributed by atoms with Crippen LogP contribution in [0.5, 0.6) is 0 Å². The first-order valence-electron chi connectivity index (χ1n) is 4.59. The second-order valence-corrected chi connectivity index (χ2v) is 3.76. The molecule has 0 saturated carbocycles. The molecule has 0 aliphatic heterocycles. The molecule has 15 heavy (non-hydrogen) atoms. The summed E-state index contributed by atoms with van der Waals surface area (Å²) in [5, 5.41) is 4.25. The number of hydrogen-bond donors (Lipinski definition) is 2. The zero-order valence-corrected chi connectivity index (χ0v) is 9.14. The van der Waals surface area contributed by atoms with Crippen molar-refractivity contribution in [1.29, 1.82) is 0 Å². The quantitative estimate of drug-likeness (QED) is 0.719. The van der Waals surface area contributed by atoms with E-state index in [1.54, 1.807) is 0 Å². The van der Waals surface area contributed by atoms with Gasteiger partial charge in [-0.2, -0.15) is 0 Å². The van der Waals surface area contributed by atoms with Gasteiger partial charge in [0.2, 0.25) is 0 Å². The van der Waals surface area contributed by atoms with E-state index in [0.717, 1.165) is 22.3 Å². The second kappa shape index (κ2) is 3.82. The smallest absolute Gasteiger partial charge is 0.168 e. The fraction of sp³-hybridized carbons (Fsp3) is 0.0909. The monoisotopic (exact) mass is 217 g/mol. The van der Waals surface area contributed by atoms with Gasteiger partial charge < -0.3 is 11.1 Å². The van der Waals surface area contributed by atoms with Crippen LogP contribution in [0.15, 0.2) is 30.3 Å². The number of anilines is 1. The van der Waals surface area contributed by atoms with E-state index in [1.807, 2.05) is 37.3 Å². The Kier molecular flexibility index (Phi) is 2.51. The Bertz CT molecular complexity index is 522. The highest BCUT2D eigenvalue weighted by Crippen LogP contribution is 2.22. The normalized spacial score (nSPS) is 10.2. The van der Waals surface area contributed by atoms with E-state index in [-0.39, 0.29) is 5.11 Å². The van der Waals surface area contributed by atoms with Crippen molar-refractivity contribution in [2.45, 2.75) is 6.92 Å². The maximum atomic E-state index is 5.47. The molecule has 0 unspecified atom stereocenters. The third kappa shape index (κ3) is 2.05. The van der Waals surface area contributed by atoms with Crippen LogP contribution in [0.4, 0.5) is 5.69 Å². The molecule has 0 fully saturated rings. The maximum absolute atomic E-state index is 5.47. The summed E-state index contributed by atoms with van der Waals surface area (Å²) in [5.41, 5.74) is 8.25. The maximum Gasteiger partial charge on any atom is 0.168 e. The number of rotatable bonds is 1. The minimum atomic E-state index is 0.269. The minimum Gasteiger partial charge on any atom is -0.376 e. The highest BCUT2D eigenvalue weighted by molar-refractivity contribution is 7.80. The molecular weight excluding hydrogens is 206 g/mol. The highest BCUT2D eigenvalue weighted by Gasteiger charge is 2.03. The van der Waals surface area contributed by atoms with Crippen LogP contribution in [-0.4, -0.2) is 10.1 Å². The summed E-state index contributed by atoms with van der Waals surface area (Å²) in [6.45, 7) is 1.94. The number of pyridine rings is 1. The Morgan fingerprint density at radius 1 is 1.40 bits per heavy atom. The largest absolute Gasteiger partial charge is 0.376 e. The van der Waals surface area contributed by atoms with Gasteiger partial charge in [0.1, 0.15) is 0 Å². The van der Waals surface area contributed by atoms with Gasteiger partial charge in [-0.05, 0) is 31.3 Å². The second-order valence-electron chi connectivity index (χ2n) is 3.32. The summed E-state index contributed by atoms with van der Waals surface area (Å²) in [6.07, 6.45) is 0. The molecule has 0 amide bonds. The third-order valence-electron chi connectivity index (χ3n) is 2.10. The SMILES string of the molecule is Cc1cc(NC(N)=S)c2ccccc2n1. The van der Waals surface area contributed by atoms with E-state index in [0.29, 0.717) is 0 Å². The molecule has 0 radical (unpaired) electrons. The molecule has 0 aliphatic carbocycles. The first kappa shape index (κ1) is 9.86. The van der Waals surface area contributed by atoms with Crippen LogP contribution in [-0.2, 0) is 0 Å². The van der Waals surface area contributed by atoms with Crippen LogP contribution in [0.25, 0.3) is 10.9 Å². The number of benzene rings is 1. The fourth-order valence-electron chi connectivity index (χ4n) is 1.54. The summed E-state index contributed by atoms with van der Waals surface area (Å²) in [5.74, 6) is 0. The van der Waals surface area contributed by atoms with Crippen LogP contribution in [0.2, 0.25) is 0 Å². The van der Waals surface area contributed by atoms with Crippen molar-refractivity contribution in [2.75, 3.05) is 5.32 Å². The Balaban J connectivity index is 2.65. The lowest BCUT2D eigenvalue weighted by molar-refractivity contribution is 1.26. The molecule has 1 heterocycles. The molecule has 1 aromatic heterocycles. The van der Waals surface area contributed by atoms with Gasteiger partial charge in [0.15, 0.2) is 5.11 Å². The van der Waals surface area contributed by atoms with Crippen LogP contribution < -0.4 is 11.1 Å². The fourth-order valence-corrected chi connectivity index (χ4v) is 1.65. The lowest BCUT2D eigenvalue weighted by Crippen LogP contribution is -2.19. The van der Waals surface area contributed by atoms with Crippen molar-refractivity contribution in [3.63, 3.8) is 0 Å². The van der Waals surface area contributed by atoms with E-state index in [9.17, 15) is 0 Å². The zero-order valence-electron chi connectivity index (χ0n) is 8.32. The molecule has 0 spiro atoms. The van der Waals surface area contributed by atoms with Crippen molar-refractivity contribution in [3.05, 3.63) is 36.0 Å². The van der Waals surface area contributed by atoms with Crippen molar-refractivity contribution >= 4 is 33.9 Å². The van der Waals surface area contributed by atoms with Gasteiger partial charge >= 0.3 is 0 Å². The van der Waals surface area contributed by atoms with Crippen molar-refractivity contribution in [3.8, 4) is 0 Å². The van der Waals surface area contributed by atoms with E-state index in [4.69, 9.17) is 18.0 Å². The van der Waals surface area contributed by atoms with Crippen molar-refractivity contribution < 1.29 is 0 Å². The lowest BCUT2D eigenvalue weighted by Gasteiger charge is -2.08. The van der Waals surface area contributed by atoms with Crippen molar-refractivity contribution in [2.24, 2.45) is 5.73 Å². The predicted octanol–water partition coefficient (Wildman–Crippen LogP) is 2.20. The van der Waals surface area contributed by atoms with Crippen LogP contribution >= 0.6 is 12.2 Å². The Morgan fingerprint density at radius 3 is 2.87 bits per heavy atom. The number of nitrogens with zero attached hydrogens (tertiary/aromatic N) is 1. The van der Waals surface area contributed by atoms with E-state index < -0.39 is 0 Å². The molecule has 3 N–H and O–H groups in total. The van der Waals surface area contributed by atoms with Gasteiger partial charge in [0, 0.05) is 11.1 Å². The van der Waals surface area contributed by atoms with Gasteiger partial charge in [-0.3, -0.25) is 4.98 Å². The molecular formula is C11H11N3S. The minimum absolute atomic E-state index is 0.269. The number of aromatic nitrogens is 1. The number of para-hydroxylation sites is 1. The predicted molar refractivity (Wildman–Crippen MR) is 66.9 cm³/mol. The molecule has 76 valence electrons. The average molecular weight is 217 g/mol. The number of nitrogens with two attached hydrogens (primary N) is 1. The highest BCUT2D eigenvalue weighted by atomic mass is 32.1. The topological polar surface area (TPSA) is 50.9 Å². The summed E-state index contributed by atoms with van der Waals surface area (Å²) in [7, 11) is 0. The summed E-state index contributed by atoms with van der Waals surface area (Å²) in [4.78, 5) is 4.42. The van der Waals surface area contributed by atoms with Gasteiger partial charge in [-0.1, -0.05) is 18.2 Å². The van der Waals surface area contributed by atoms with Crippen LogP contribution in [0, 0.1) is 6.92 Å². The van der Waals surface area contributed by atoms with Gasteiger partial charge in [-0.15, -0.1) is 0 Å². The molecule has 0 atom stereocenters. The van der Waals surface area contributed by atoms with Gasteiger partial charge in [0.25, 0.3) is 0 Å². The number of thiocarbonyl (C=S) groups is 1. The molecule has 0 aliphatic rings. The number of hydrogen-bond acceptors (Lipinski definition) is 2. The summed E-state index contributed by atoms with van der Waals surface area (Å²) in [6, 6.07) is 9.81. The van der Waals surface area contributed by atoms with Crippen molar-refractivity contribution in [1.82, 2.24) is 4.98 Å². The van der Waals surface area contributed by atoms with Gasteiger partial charge in [0.05, 0.1) is 11.2 Å². The van der Waals surface area contributed by atoms with Gasteiger partial charge in [-0.25, -0.2) is 0 Å². The van der Waals surface area contributed by atoms with E-state index in [1.165, 1.54) is 0 Å². The summed E-state index contributed by atoms with van der Waals surface area (Å²) < 4.78 is 0. The number of fused-ring (bicyclic) bond motifs is 1.